The molecule has 0 saturated heterocycles. The molecule has 1 aliphatic carbocycles. The van der Waals surface area contributed by atoms with Gasteiger partial charge in [0.05, 0.1) is 17.0 Å². The van der Waals surface area contributed by atoms with Crippen molar-refractivity contribution in [2.45, 2.75) is 25.7 Å². The van der Waals surface area contributed by atoms with Crippen LogP contribution >= 0.6 is 11.6 Å². The number of fused-ring (bicyclic) bond motifs is 1. The molecule has 0 radical (unpaired) electrons. The fourth-order valence-electron chi connectivity index (χ4n) is 3.46. The third-order valence-corrected chi connectivity index (χ3v) is 5.01. The number of anilines is 2. The van der Waals surface area contributed by atoms with E-state index < -0.39 is 0 Å². The summed E-state index contributed by atoms with van der Waals surface area (Å²) in [4.78, 5) is 21.7. The zero-order valence-electron chi connectivity index (χ0n) is 14.7. The summed E-state index contributed by atoms with van der Waals surface area (Å²) >= 11 is 5.97. The number of hydrogen-bond donors (Lipinski definition) is 1. The van der Waals surface area contributed by atoms with Crippen LogP contribution in [0.4, 0.5) is 16.0 Å². The van der Waals surface area contributed by atoms with Gasteiger partial charge in [0, 0.05) is 17.1 Å². The first-order valence-corrected chi connectivity index (χ1v) is 9.06. The highest BCUT2D eigenvalue weighted by Crippen LogP contribution is 2.34. The molecular weight excluding hydrogens is 365 g/mol. The molecule has 27 heavy (non-hydrogen) atoms. The first kappa shape index (κ1) is 17.6. The molecule has 4 nitrogen and oxygen atoms in total. The molecule has 0 unspecified atom stereocenters. The first-order valence-electron chi connectivity index (χ1n) is 8.68. The lowest BCUT2D eigenvalue weighted by molar-refractivity contribution is 0.0962. The fraction of sp³-hybridized carbons (Fsp3) is 0.190. The Hall–Kier alpha value is -2.79. The van der Waals surface area contributed by atoms with Gasteiger partial charge in [-0.3, -0.25) is 4.79 Å². The third kappa shape index (κ3) is 3.69. The van der Waals surface area contributed by atoms with Crippen molar-refractivity contribution < 1.29 is 9.18 Å². The maximum Gasteiger partial charge on any atom is 0.227 e. The molecule has 0 aliphatic heterocycles. The monoisotopic (exact) mass is 381 g/mol. The normalized spacial score (nSPS) is 16.1. The van der Waals surface area contributed by atoms with Crippen LogP contribution in [0.2, 0.25) is 5.02 Å². The molecule has 0 spiro atoms. The molecule has 0 bridgehead atoms. The van der Waals surface area contributed by atoms with E-state index in [0.717, 1.165) is 11.3 Å². The van der Waals surface area contributed by atoms with Crippen LogP contribution in [0.5, 0.6) is 0 Å². The number of nitrogens with one attached hydrogen (secondary N) is 1. The van der Waals surface area contributed by atoms with Crippen molar-refractivity contribution in [3.8, 4) is 0 Å². The van der Waals surface area contributed by atoms with Crippen LogP contribution in [-0.2, 0) is 6.42 Å². The predicted octanol–water partition coefficient (Wildman–Crippen LogP) is 5.23. The van der Waals surface area contributed by atoms with E-state index in [1.165, 1.54) is 12.1 Å². The zero-order valence-corrected chi connectivity index (χ0v) is 15.4. The van der Waals surface area contributed by atoms with E-state index in [1.807, 2.05) is 31.2 Å². The minimum absolute atomic E-state index is 0.0574. The SMILES string of the molecule is Cc1nc(Nc2ccc(F)cc2)nc2c1C(=O)C[C@@H](c1ccc(Cl)cc1)C2. The Balaban J connectivity index is 1.65. The molecule has 1 aromatic heterocycles. The molecule has 2 aromatic carbocycles. The van der Waals surface area contributed by atoms with Gasteiger partial charge in [0.15, 0.2) is 5.78 Å². The molecule has 1 N–H and O–H groups in total. The average Bonchev–Trinajstić information content (AvgIpc) is 2.63. The van der Waals surface area contributed by atoms with E-state index >= 15 is 0 Å². The molecule has 136 valence electrons. The van der Waals surface area contributed by atoms with Gasteiger partial charge in [-0.05, 0) is 61.2 Å². The van der Waals surface area contributed by atoms with Gasteiger partial charge < -0.3 is 5.32 Å². The van der Waals surface area contributed by atoms with Crippen LogP contribution < -0.4 is 5.32 Å². The minimum atomic E-state index is -0.306. The summed E-state index contributed by atoms with van der Waals surface area (Å²) in [6.45, 7) is 1.82. The van der Waals surface area contributed by atoms with Gasteiger partial charge >= 0.3 is 0 Å². The zero-order chi connectivity index (χ0) is 19.0. The highest BCUT2D eigenvalue weighted by atomic mass is 35.5. The van der Waals surface area contributed by atoms with Crippen molar-refractivity contribution in [1.29, 1.82) is 0 Å². The van der Waals surface area contributed by atoms with E-state index in [2.05, 4.69) is 15.3 Å². The summed E-state index contributed by atoms with van der Waals surface area (Å²) in [7, 11) is 0. The molecular formula is C21H17ClFN3O. The molecule has 1 aliphatic rings. The summed E-state index contributed by atoms with van der Waals surface area (Å²) in [5.74, 6) is 0.221. The number of hydrogen-bond acceptors (Lipinski definition) is 4. The second kappa shape index (κ2) is 7.08. The van der Waals surface area contributed by atoms with Crippen molar-refractivity contribution in [2.24, 2.45) is 0 Å². The van der Waals surface area contributed by atoms with Gasteiger partial charge in [0.25, 0.3) is 0 Å². The van der Waals surface area contributed by atoms with Gasteiger partial charge in [-0.25, -0.2) is 14.4 Å². The van der Waals surface area contributed by atoms with Crippen molar-refractivity contribution in [3.63, 3.8) is 0 Å². The maximum atomic E-state index is 13.1. The molecule has 3 aromatic rings. The van der Waals surface area contributed by atoms with E-state index in [9.17, 15) is 9.18 Å². The van der Waals surface area contributed by atoms with Crippen molar-refractivity contribution in [2.75, 3.05) is 5.32 Å². The molecule has 1 atom stereocenters. The number of ketones is 1. The van der Waals surface area contributed by atoms with Gasteiger partial charge in [-0.15, -0.1) is 0 Å². The van der Waals surface area contributed by atoms with Crippen LogP contribution in [0.15, 0.2) is 48.5 Å². The van der Waals surface area contributed by atoms with Crippen LogP contribution in [-0.4, -0.2) is 15.8 Å². The second-order valence-corrected chi connectivity index (χ2v) is 7.10. The number of aromatic nitrogens is 2. The lowest BCUT2D eigenvalue weighted by Gasteiger charge is -2.24. The number of nitrogens with zero attached hydrogens (tertiary/aromatic N) is 2. The van der Waals surface area contributed by atoms with Crippen molar-refractivity contribution >= 4 is 29.0 Å². The molecule has 0 fully saturated rings. The number of halogens is 2. The molecule has 6 heteroatoms. The first-order chi connectivity index (χ1) is 13.0. The highest BCUT2D eigenvalue weighted by molar-refractivity contribution is 6.30. The third-order valence-electron chi connectivity index (χ3n) is 4.76. The second-order valence-electron chi connectivity index (χ2n) is 6.67. The number of benzene rings is 2. The van der Waals surface area contributed by atoms with Crippen LogP contribution in [0, 0.1) is 12.7 Å². The Morgan fingerprint density at radius 1 is 1.04 bits per heavy atom. The lowest BCUT2D eigenvalue weighted by atomic mass is 9.81. The lowest BCUT2D eigenvalue weighted by Crippen LogP contribution is -2.22. The summed E-state index contributed by atoms with van der Waals surface area (Å²) in [5.41, 5.74) is 3.77. The Labute approximate surface area is 161 Å². The van der Waals surface area contributed by atoms with Crippen molar-refractivity contribution in [3.05, 3.63) is 81.9 Å². The summed E-state index contributed by atoms with van der Waals surface area (Å²) in [5, 5.41) is 3.75. The molecule has 1 heterocycles. The summed E-state index contributed by atoms with van der Waals surface area (Å²) < 4.78 is 13.1. The highest BCUT2D eigenvalue weighted by Gasteiger charge is 2.29. The Morgan fingerprint density at radius 2 is 1.74 bits per heavy atom. The minimum Gasteiger partial charge on any atom is -0.324 e. The van der Waals surface area contributed by atoms with E-state index in [1.54, 1.807) is 12.1 Å². The van der Waals surface area contributed by atoms with Crippen molar-refractivity contribution in [1.82, 2.24) is 9.97 Å². The molecule has 0 saturated carbocycles. The fourth-order valence-corrected chi connectivity index (χ4v) is 3.59. The Bertz CT molecular complexity index is 1000. The summed E-state index contributed by atoms with van der Waals surface area (Å²) in [6, 6.07) is 13.6. The predicted molar refractivity (Wildman–Crippen MR) is 103 cm³/mol. The van der Waals surface area contributed by atoms with Gasteiger partial charge in [-0.2, -0.15) is 0 Å². The smallest absolute Gasteiger partial charge is 0.227 e. The van der Waals surface area contributed by atoms with Gasteiger partial charge in [-0.1, -0.05) is 23.7 Å². The van der Waals surface area contributed by atoms with E-state index in [0.29, 0.717) is 40.8 Å². The molecule has 0 amide bonds. The number of carbonyl (C=O) groups is 1. The van der Waals surface area contributed by atoms with Gasteiger partial charge in [0.1, 0.15) is 5.82 Å². The largest absolute Gasteiger partial charge is 0.324 e. The molecule has 4 rings (SSSR count). The van der Waals surface area contributed by atoms with Gasteiger partial charge in [0.2, 0.25) is 5.95 Å². The number of aryl methyl sites for hydroxylation is 1. The standard InChI is InChI=1S/C21H17ClFN3O/c1-12-20-18(26-21(24-12)25-17-8-6-16(23)7-9-17)10-14(11-19(20)27)13-2-4-15(22)5-3-13/h2-9,14H,10-11H2,1H3,(H,24,25,26)/t14-/m0/s1. The topological polar surface area (TPSA) is 54.9 Å². The Kier molecular flexibility index (Phi) is 4.62. The van der Waals surface area contributed by atoms with E-state index in [-0.39, 0.29) is 17.5 Å². The Morgan fingerprint density at radius 3 is 2.44 bits per heavy atom. The van der Waals surface area contributed by atoms with E-state index in [4.69, 9.17) is 11.6 Å². The number of rotatable bonds is 3. The number of carbonyl (C=O) groups excluding carboxylic acids is 1. The van der Waals surface area contributed by atoms with Crippen LogP contribution in [0.25, 0.3) is 0 Å². The van der Waals surface area contributed by atoms with Crippen LogP contribution in [0.1, 0.15) is 39.6 Å². The quantitative estimate of drug-likeness (QED) is 0.674. The number of Topliss-reactive ketones (excluding diaryl/α,β-unsaturated/α-hetero) is 1. The maximum absolute atomic E-state index is 13.1. The average molecular weight is 382 g/mol. The summed E-state index contributed by atoms with van der Waals surface area (Å²) in [6.07, 6.45) is 1.09. The van der Waals surface area contributed by atoms with Crippen LogP contribution in [0.3, 0.4) is 0 Å².